The third-order valence-corrected chi connectivity index (χ3v) is 3.44. The van der Waals surface area contributed by atoms with Crippen LogP contribution in [0.4, 0.5) is 0 Å². The highest BCUT2D eigenvalue weighted by molar-refractivity contribution is 6.24. The Kier molecular flexibility index (Phi) is 4.72. The van der Waals surface area contributed by atoms with Gasteiger partial charge in [0.05, 0.1) is 18.0 Å². The molecule has 0 aliphatic carbocycles. The summed E-state index contributed by atoms with van der Waals surface area (Å²) in [6, 6.07) is -2.19. The van der Waals surface area contributed by atoms with Crippen LogP contribution in [0.3, 0.4) is 0 Å². The minimum atomic E-state index is -1.80. The maximum atomic E-state index is 11.4. The van der Waals surface area contributed by atoms with E-state index < -0.39 is 40.8 Å². The predicted molar refractivity (Wildman–Crippen MR) is 65.4 cm³/mol. The van der Waals surface area contributed by atoms with Gasteiger partial charge in [-0.25, -0.2) is 4.79 Å². The predicted octanol–water partition coefficient (Wildman–Crippen LogP) is -2.24. The van der Waals surface area contributed by atoms with Gasteiger partial charge in [-0.3, -0.25) is 9.59 Å². The lowest BCUT2D eigenvalue weighted by Crippen LogP contribution is -2.70. The van der Waals surface area contributed by atoms with Gasteiger partial charge in [0.1, 0.15) is 6.04 Å². The average molecular weight is 294 g/mol. The van der Waals surface area contributed by atoms with Crippen molar-refractivity contribution < 1.29 is 24.6 Å². The molecule has 6 N–H and O–H groups in total. The summed E-state index contributed by atoms with van der Waals surface area (Å²) in [6.07, 6.45) is -0.292. The number of β-amino-alcohol motifs (C(OH)–C–C–N with tert-alkyl or cyclic N) is 1. The minimum absolute atomic E-state index is 0.0480. The molecule has 9 heteroatoms. The number of nitrogens with one attached hydrogen (secondary N) is 2. The molecule has 1 aliphatic rings. The summed E-state index contributed by atoms with van der Waals surface area (Å²) in [7, 11) is 0. The summed E-state index contributed by atoms with van der Waals surface area (Å²) in [5.74, 6) is -2.63. The van der Waals surface area contributed by atoms with Gasteiger partial charge in [0, 0.05) is 0 Å². The summed E-state index contributed by atoms with van der Waals surface area (Å²) in [5, 5.41) is 22.2. The monoisotopic (exact) mass is 293 g/mol. The van der Waals surface area contributed by atoms with Gasteiger partial charge in [-0.1, -0.05) is 0 Å². The number of nitrogens with two attached hydrogens (primary N) is 1. The molecule has 1 heterocycles. The first-order valence-corrected chi connectivity index (χ1v) is 6.05. The fourth-order valence-corrected chi connectivity index (χ4v) is 1.88. The van der Waals surface area contributed by atoms with Crippen LogP contribution >= 0.6 is 11.6 Å². The molecule has 0 aromatic heterocycles. The standard InChI is InChI=1S/C10H16ClN3O5/c1-4(12)7(15)14-5(8(16)17)2-6(11)10(19)3-13-9(10)18/h4-6,19H,2-3,12H2,1H3,(H,13,18)(H,14,15)(H,16,17)/t4-,5+,6+,10-/m1/s1. The van der Waals surface area contributed by atoms with Crippen molar-refractivity contribution in [3.05, 3.63) is 0 Å². The van der Waals surface area contributed by atoms with Gasteiger partial charge in [0.2, 0.25) is 5.91 Å². The smallest absolute Gasteiger partial charge is 0.326 e. The number of β-lactam (4-membered cyclic amide) rings is 1. The van der Waals surface area contributed by atoms with Crippen LogP contribution in [0.15, 0.2) is 0 Å². The molecular weight excluding hydrogens is 278 g/mol. The number of hydrogen-bond acceptors (Lipinski definition) is 5. The summed E-state index contributed by atoms with van der Waals surface area (Å²) in [4.78, 5) is 33.5. The van der Waals surface area contributed by atoms with Crippen molar-refractivity contribution in [3.8, 4) is 0 Å². The largest absolute Gasteiger partial charge is 0.480 e. The van der Waals surface area contributed by atoms with E-state index in [0.717, 1.165) is 0 Å². The summed E-state index contributed by atoms with van der Waals surface area (Å²) in [6.45, 7) is 1.35. The lowest BCUT2D eigenvalue weighted by Gasteiger charge is -2.39. The van der Waals surface area contributed by atoms with Gasteiger partial charge in [-0.15, -0.1) is 11.6 Å². The molecule has 108 valence electrons. The minimum Gasteiger partial charge on any atom is -0.480 e. The van der Waals surface area contributed by atoms with Gasteiger partial charge in [-0.2, -0.15) is 0 Å². The number of hydrogen-bond donors (Lipinski definition) is 5. The first-order valence-electron chi connectivity index (χ1n) is 5.62. The van der Waals surface area contributed by atoms with E-state index in [1.54, 1.807) is 0 Å². The summed E-state index contributed by atoms with van der Waals surface area (Å²) >= 11 is 5.86. The van der Waals surface area contributed by atoms with Crippen LogP contribution in [-0.4, -0.2) is 57.6 Å². The Morgan fingerprint density at radius 3 is 2.53 bits per heavy atom. The Labute approximate surface area is 114 Å². The number of carboxylic acids is 1. The number of aliphatic hydroxyl groups is 1. The Morgan fingerprint density at radius 2 is 2.21 bits per heavy atom. The normalized spacial score (nSPS) is 26.6. The topological polar surface area (TPSA) is 142 Å². The van der Waals surface area contributed by atoms with E-state index in [1.165, 1.54) is 6.92 Å². The summed E-state index contributed by atoms with van der Waals surface area (Å²) < 4.78 is 0. The number of aliphatic carboxylic acids is 1. The number of alkyl halides is 1. The van der Waals surface area contributed by atoms with Crippen molar-refractivity contribution >= 4 is 29.4 Å². The maximum Gasteiger partial charge on any atom is 0.326 e. The van der Waals surface area contributed by atoms with E-state index in [2.05, 4.69) is 10.6 Å². The number of carboxylic acid groups (broad SMARTS) is 1. The average Bonchev–Trinajstić information content (AvgIpc) is 2.34. The Morgan fingerprint density at radius 1 is 1.63 bits per heavy atom. The third kappa shape index (κ3) is 3.34. The first kappa shape index (κ1) is 15.7. The molecule has 1 aliphatic heterocycles. The highest BCUT2D eigenvalue weighted by Gasteiger charge is 2.51. The highest BCUT2D eigenvalue weighted by Crippen LogP contribution is 2.26. The fourth-order valence-electron chi connectivity index (χ4n) is 1.52. The molecular formula is C10H16ClN3O5. The third-order valence-electron chi connectivity index (χ3n) is 2.90. The summed E-state index contributed by atoms with van der Waals surface area (Å²) in [5.41, 5.74) is 3.51. The van der Waals surface area contributed by atoms with Crippen molar-refractivity contribution in [2.45, 2.75) is 36.4 Å². The van der Waals surface area contributed by atoms with Crippen LogP contribution in [0.25, 0.3) is 0 Å². The second kappa shape index (κ2) is 5.72. The number of rotatable bonds is 6. The second-order valence-corrected chi connectivity index (χ2v) is 5.03. The zero-order valence-corrected chi connectivity index (χ0v) is 11.0. The quantitative estimate of drug-likeness (QED) is 0.277. The molecule has 0 aromatic carbocycles. The van der Waals surface area contributed by atoms with Crippen molar-refractivity contribution in [1.29, 1.82) is 0 Å². The molecule has 0 spiro atoms. The van der Waals surface area contributed by atoms with Crippen LogP contribution < -0.4 is 16.4 Å². The van der Waals surface area contributed by atoms with Gasteiger partial charge in [-0.05, 0) is 13.3 Å². The van der Waals surface area contributed by atoms with Gasteiger partial charge in [0.15, 0.2) is 5.60 Å². The van der Waals surface area contributed by atoms with E-state index in [9.17, 15) is 19.5 Å². The Balaban J connectivity index is 2.66. The molecule has 0 bridgehead atoms. The van der Waals surface area contributed by atoms with E-state index in [0.29, 0.717) is 0 Å². The second-order valence-electron chi connectivity index (χ2n) is 4.50. The molecule has 19 heavy (non-hydrogen) atoms. The Bertz CT molecular complexity index is 403. The van der Waals surface area contributed by atoms with Gasteiger partial charge >= 0.3 is 5.97 Å². The zero-order chi connectivity index (χ0) is 14.8. The molecule has 1 rings (SSSR count). The molecule has 1 fully saturated rings. The number of amides is 2. The van der Waals surface area contributed by atoms with Crippen LogP contribution in [0.1, 0.15) is 13.3 Å². The molecule has 0 saturated carbocycles. The number of carbonyl (C=O) groups is 3. The molecule has 2 amide bonds. The lowest BCUT2D eigenvalue weighted by atomic mass is 9.88. The zero-order valence-electron chi connectivity index (χ0n) is 10.2. The number of carbonyl (C=O) groups excluding carboxylic acids is 2. The molecule has 1 saturated heterocycles. The van der Waals surface area contributed by atoms with Crippen molar-refractivity contribution in [2.24, 2.45) is 5.73 Å². The molecule has 0 aromatic rings. The van der Waals surface area contributed by atoms with E-state index in [4.69, 9.17) is 22.4 Å². The maximum absolute atomic E-state index is 11.4. The molecule has 8 nitrogen and oxygen atoms in total. The van der Waals surface area contributed by atoms with Gasteiger partial charge in [0.25, 0.3) is 5.91 Å². The van der Waals surface area contributed by atoms with Crippen molar-refractivity contribution in [1.82, 2.24) is 10.6 Å². The lowest BCUT2D eigenvalue weighted by molar-refractivity contribution is -0.153. The van der Waals surface area contributed by atoms with Gasteiger partial charge < -0.3 is 26.6 Å². The van der Waals surface area contributed by atoms with Crippen LogP contribution in [0, 0.1) is 0 Å². The molecule has 0 unspecified atom stereocenters. The van der Waals surface area contributed by atoms with Crippen LogP contribution in [0.2, 0.25) is 0 Å². The number of halogens is 1. The van der Waals surface area contributed by atoms with Crippen LogP contribution in [0.5, 0.6) is 0 Å². The van der Waals surface area contributed by atoms with E-state index in [-0.39, 0.29) is 13.0 Å². The highest BCUT2D eigenvalue weighted by atomic mass is 35.5. The first-order chi connectivity index (χ1) is 8.68. The SMILES string of the molecule is C[C@@H](N)C(=O)N[C@@H](C[C@H](Cl)[C@]1(O)CNC1=O)C(=O)O. The molecule has 4 atom stereocenters. The molecule has 0 radical (unpaired) electrons. The van der Waals surface area contributed by atoms with E-state index in [1.807, 2.05) is 0 Å². The fraction of sp³-hybridized carbons (Fsp3) is 0.700. The van der Waals surface area contributed by atoms with Crippen molar-refractivity contribution in [3.63, 3.8) is 0 Å². The van der Waals surface area contributed by atoms with Crippen molar-refractivity contribution in [2.75, 3.05) is 6.54 Å². The van der Waals surface area contributed by atoms with Crippen LogP contribution in [-0.2, 0) is 14.4 Å². The Hall–Kier alpha value is -1.38. The van der Waals surface area contributed by atoms with E-state index >= 15 is 0 Å².